The molecule has 1 N–H and O–H groups in total. The van der Waals surface area contributed by atoms with Crippen molar-refractivity contribution in [1.29, 1.82) is 0 Å². The number of hydrogen-bond donors (Lipinski definition) is 1. The minimum absolute atomic E-state index is 0.244. The number of hydrogen-bond acceptors (Lipinski definition) is 8. The van der Waals surface area contributed by atoms with Gasteiger partial charge < -0.3 is 19.7 Å². The fourth-order valence-electron chi connectivity index (χ4n) is 3.48. The molecule has 1 saturated heterocycles. The topological polar surface area (TPSA) is 89.5 Å². The van der Waals surface area contributed by atoms with E-state index in [4.69, 9.17) is 9.47 Å². The van der Waals surface area contributed by atoms with Crippen molar-refractivity contribution >= 4 is 28.4 Å². The molecule has 3 aromatic rings. The van der Waals surface area contributed by atoms with Crippen LogP contribution in [0.25, 0.3) is 10.4 Å². The monoisotopic (exact) mass is 467 g/mol. The lowest BCUT2D eigenvalue weighted by Gasteiger charge is -2.33. The largest absolute Gasteiger partial charge is 0.477 e. The lowest BCUT2D eigenvalue weighted by atomic mass is 9.98. The maximum Gasteiger partial charge on any atom is 0.410 e. The first-order valence-corrected chi connectivity index (χ1v) is 11.9. The lowest BCUT2D eigenvalue weighted by Crippen LogP contribution is -2.42. The number of benzene rings is 1. The summed E-state index contributed by atoms with van der Waals surface area (Å²) in [6, 6.07) is 11.9. The van der Waals surface area contributed by atoms with Gasteiger partial charge in [-0.1, -0.05) is 41.7 Å². The van der Waals surface area contributed by atoms with E-state index in [0.29, 0.717) is 37.3 Å². The first kappa shape index (κ1) is 23.0. The summed E-state index contributed by atoms with van der Waals surface area (Å²) in [4.78, 5) is 28.0. The zero-order valence-electron chi connectivity index (χ0n) is 19.2. The van der Waals surface area contributed by atoms with Crippen LogP contribution in [-0.4, -0.2) is 51.2 Å². The van der Waals surface area contributed by atoms with Gasteiger partial charge in [-0.2, -0.15) is 0 Å². The summed E-state index contributed by atoms with van der Waals surface area (Å²) in [5, 5.41) is 3.98. The number of thiazole rings is 1. The molecule has 0 spiro atoms. The molecule has 8 nitrogen and oxygen atoms in total. The quantitative estimate of drug-likeness (QED) is 0.521. The fourth-order valence-corrected chi connectivity index (χ4v) is 4.30. The number of nitrogens with one attached hydrogen (secondary N) is 1. The molecule has 1 fully saturated rings. The highest BCUT2D eigenvalue weighted by Crippen LogP contribution is 2.30. The first-order valence-electron chi connectivity index (χ1n) is 11.1. The smallest absolute Gasteiger partial charge is 0.410 e. The molecule has 174 valence electrons. The van der Waals surface area contributed by atoms with Crippen molar-refractivity contribution in [3.63, 3.8) is 0 Å². The molecule has 3 heterocycles. The van der Waals surface area contributed by atoms with Crippen LogP contribution in [0.3, 0.4) is 0 Å². The standard InChI is InChI=1S/C24H29N5O3S/c1-24(2,3)32-23(30)29-11-9-17(10-12-29)15-31-21-13-20(26-16-27-21)28-22-25-14-19(33-22)18-7-5-4-6-8-18/h4-8,13-14,16-17H,9-12,15H2,1-3H3,(H,25,26,27,28). The summed E-state index contributed by atoms with van der Waals surface area (Å²) in [5.41, 5.74) is 0.657. The van der Waals surface area contributed by atoms with Crippen molar-refractivity contribution < 1.29 is 14.3 Å². The average Bonchev–Trinajstić information content (AvgIpc) is 3.26. The number of likely N-dealkylation sites (tertiary alicyclic amines) is 1. The molecular formula is C24H29N5O3S. The molecule has 1 aliphatic rings. The van der Waals surface area contributed by atoms with Crippen LogP contribution >= 0.6 is 11.3 Å². The van der Waals surface area contributed by atoms with E-state index in [1.807, 2.05) is 45.2 Å². The Morgan fingerprint density at radius 2 is 1.91 bits per heavy atom. The molecule has 0 unspecified atom stereocenters. The van der Waals surface area contributed by atoms with E-state index in [1.165, 1.54) is 6.33 Å². The SMILES string of the molecule is CC(C)(C)OC(=O)N1CCC(COc2cc(Nc3ncc(-c4ccccc4)s3)ncn2)CC1. The maximum absolute atomic E-state index is 12.2. The van der Waals surface area contributed by atoms with Crippen LogP contribution in [0.1, 0.15) is 33.6 Å². The number of aromatic nitrogens is 3. The van der Waals surface area contributed by atoms with Crippen molar-refractivity contribution in [3.8, 4) is 16.3 Å². The highest BCUT2D eigenvalue weighted by molar-refractivity contribution is 7.18. The van der Waals surface area contributed by atoms with E-state index in [0.717, 1.165) is 28.4 Å². The third-order valence-corrected chi connectivity index (χ3v) is 6.14. The Bertz CT molecular complexity index is 1060. The Labute approximate surface area is 198 Å². The third-order valence-electron chi connectivity index (χ3n) is 5.17. The van der Waals surface area contributed by atoms with E-state index in [9.17, 15) is 4.79 Å². The number of carbonyl (C=O) groups is 1. The lowest BCUT2D eigenvalue weighted by molar-refractivity contribution is 0.0164. The van der Waals surface area contributed by atoms with Gasteiger partial charge in [-0.15, -0.1) is 0 Å². The van der Waals surface area contributed by atoms with Crippen molar-refractivity contribution in [2.24, 2.45) is 5.92 Å². The molecule has 0 radical (unpaired) electrons. The maximum atomic E-state index is 12.2. The van der Waals surface area contributed by atoms with Crippen molar-refractivity contribution in [3.05, 3.63) is 48.9 Å². The summed E-state index contributed by atoms with van der Waals surface area (Å²) >= 11 is 1.56. The molecule has 33 heavy (non-hydrogen) atoms. The van der Waals surface area contributed by atoms with Gasteiger partial charge in [0.05, 0.1) is 11.5 Å². The van der Waals surface area contributed by atoms with E-state index in [1.54, 1.807) is 22.3 Å². The van der Waals surface area contributed by atoms with E-state index in [-0.39, 0.29) is 6.09 Å². The van der Waals surface area contributed by atoms with Gasteiger partial charge in [0.1, 0.15) is 17.7 Å². The summed E-state index contributed by atoms with van der Waals surface area (Å²) in [7, 11) is 0. The second-order valence-electron chi connectivity index (χ2n) is 8.98. The fraction of sp³-hybridized carbons (Fsp3) is 0.417. The van der Waals surface area contributed by atoms with Gasteiger partial charge in [0.15, 0.2) is 5.13 Å². The number of rotatable bonds is 6. The van der Waals surface area contributed by atoms with Crippen LogP contribution in [0.5, 0.6) is 5.88 Å². The van der Waals surface area contributed by atoms with Gasteiger partial charge in [-0.25, -0.2) is 19.7 Å². The molecule has 2 aromatic heterocycles. The van der Waals surface area contributed by atoms with E-state index < -0.39 is 5.60 Å². The molecule has 0 bridgehead atoms. The Kier molecular flexibility index (Phi) is 7.08. The van der Waals surface area contributed by atoms with Crippen LogP contribution < -0.4 is 10.1 Å². The van der Waals surface area contributed by atoms with Crippen molar-refractivity contribution in [2.75, 3.05) is 25.0 Å². The van der Waals surface area contributed by atoms with Crippen LogP contribution in [-0.2, 0) is 4.74 Å². The molecular weight excluding hydrogens is 438 g/mol. The number of ether oxygens (including phenoxy) is 2. The highest BCUT2D eigenvalue weighted by Gasteiger charge is 2.27. The van der Waals surface area contributed by atoms with Gasteiger partial charge >= 0.3 is 6.09 Å². The number of carbonyl (C=O) groups excluding carboxylic acids is 1. The zero-order chi connectivity index (χ0) is 23.3. The van der Waals surface area contributed by atoms with Crippen LogP contribution in [0, 0.1) is 5.92 Å². The van der Waals surface area contributed by atoms with Gasteiger partial charge in [-0.05, 0) is 45.1 Å². The summed E-state index contributed by atoms with van der Waals surface area (Å²) in [6.07, 6.45) is 4.83. The molecule has 0 aliphatic carbocycles. The van der Waals surface area contributed by atoms with Gasteiger partial charge in [-0.3, -0.25) is 0 Å². The van der Waals surface area contributed by atoms with Crippen LogP contribution in [0.15, 0.2) is 48.9 Å². The number of anilines is 2. The van der Waals surface area contributed by atoms with Crippen molar-refractivity contribution in [2.45, 2.75) is 39.2 Å². The van der Waals surface area contributed by atoms with Crippen molar-refractivity contribution in [1.82, 2.24) is 19.9 Å². The second-order valence-corrected chi connectivity index (χ2v) is 10.0. The summed E-state index contributed by atoms with van der Waals surface area (Å²) in [6.45, 7) is 7.54. The average molecular weight is 468 g/mol. The molecule has 9 heteroatoms. The molecule has 0 saturated carbocycles. The van der Waals surface area contributed by atoms with Gasteiger partial charge in [0.25, 0.3) is 0 Å². The Morgan fingerprint density at radius 1 is 1.15 bits per heavy atom. The predicted octanol–water partition coefficient (Wildman–Crippen LogP) is 5.37. The molecule has 0 atom stereocenters. The Hall–Kier alpha value is -3.20. The molecule has 4 rings (SSSR count). The molecule has 1 amide bonds. The van der Waals surface area contributed by atoms with E-state index in [2.05, 4.69) is 32.4 Å². The number of amides is 1. The van der Waals surface area contributed by atoms with Crippen LogP contribution in [0.4, 0.5) is 15.7 Å². The van der Waals surface area contributed by atoms with E-state index >= 15 is 0 Å². The molecule has 1 aliphatic heterocycles. The highest BCUT2D eigenvalue weighted by atomic mass is 32.1. The summed E-state index contributed by atoms with van der Waals surface area (Å²) in [5.74, 6) is 1.51. The minimum Gasteiger partial charge on any atom is -0.477 e. The number of piperidine rings is 1. The number of nitrogens with zero attached hydrogens (tertiary/aromatic N) is 4. The van der Waals surface area contributed by atoms with Gasteiger partial charge in [0.2, 0.25) is 5.88 Å². The summed E-state index contributed by atoms with van der Waals surface area (Å²) < 4.78 is 11.4. The Balaban J connectivity index is 1.26. The third kappa shape index (κ3) is 6.64. The first-order chi connectivity index (χ1) is 15.9. The van der Waals surface area contributed by atoms with Gasteiger partial charge in [0, 0.05) is 25.4 Å². The predicted molar refractivity (Wildman–Crippen MR) is 129 cm³/mol. The second kappa shape index (κ2) is 10.2. The zero-order valence-corrected chi connectivity index (χ0v) is 20.0. The Morgan fingerprint density at radius 3 is 2.64 bits per heavy atom. The minimum atomic E-state index is -0.475. The van der Waals surface area contributed by atoms with Crippen LogP contribution in [0.2, 0.25) is 0 Å². The normalized spacial score (nSPS) is 14.7. The molecule has 1 aromatic carbocycles.